The minimum absolute atomic E-state index is 0.122. The molecule has 0 aliphatic carbocycles. The molecule has 0 unspecified atom stereocenters. The van der Waals surface area contributed by atoms with Gasteiger partial charge < -0.3 is 0 Å². The van der Waals surface area contributed by atoms with Crippen molar-refractivity contribution in [1.82, 2.24) is 14.8 Å². The largest absolute Gasteiger partial charge is 0.277 e. The summed E-state index contributed by atoms with van der Waals surface area (Å²) >= 11 is 8.90. The summed E-state index contributed by atoms with van der Waals surface area (Å²) in [6.45, 7) is 3.80. The van der Waals surface area contributed by atoms with Gasteiger partial charge >= 0.3 is 0 Å². The van der Waals surface area contributed by atoms with Crippen molar-refractivity contribution in [3.05, 3.63) is 43.5 Å². The van der Waals surface area contributed by atoms with E-state index in [2.05, 4.69) is 10.1 Å². The summed E-state index contributed by atoms with van der Waals surface area (Å²) in [6, 6.07) is 3.79. The molecule has 0 bridgehead atoms. The highest BCUT2D eigenvalue weighted by Gasteiger charge is 2.16. The number of hydrogen-bond donors (Lipinski definition) is 0. The monoisotopic (exact) mass is 337 g/mol. The van der Waals surface area contributed by atoms with E-state index < -0.39 is 0 Å². The highest BCUT2D eigenvalue weighted by atomic mass is 35.5. The number of aryl methyl sites for hydroxylation is 2. The molecule has 3 heterocycles. The molecule has 108 valence electrons. The van der Waals surface area contributed by atoms with Crippen molar-refractivity contribution in [2.45, 2.75) is 13.8 Å². The molecular weight excluding hydrogens is 326 g/mol. The molecule has 0 spiro atoms. The van der Waals surface area contributed by atoms with Gasteiger partial charge in [-0.15, -0.1) is 22.7 Å². The summed E-state index contributed by atoms with van der Waals surface area (Å²) in [7, 11) is 1.66. The van der Waals surface area contributed by atoms with Crippen molar-refractivity contribution in [2.75, 3.05) is 0 Å². The first kappa shape index (κ1) is 14.4. The van der Waals surface area contributed by atoms with Crippen molar-refractivity contribution in [2.24, 2.45) is 7.05 Å². The van der Waals surface area contributed by atoms with Crippen LogP contribution in [0.15, 0.2) is 22.3 Å². The van der Waals surface area contributed by atoms with Crippen molar-refractivity contribution in [3.8, 4) is 21.1 Å². The van der Waals surface area contributed by atoms with Crippen LogP contribution in [0.25, 0.3) is 21.1 Å². The molecule has 0 atom stereocenters. The number of thiazole rings is 1. The van der Waals surface area contributed by atoms with Gasteiger partial charge in [0.15, 0.2) is 0 Å². The minimum atomic E-state index is -0.122. The zero-order valence-corrected chi connectivity index (χ0v) is 14.1. The van der Waals surface area contributed by atoms with Gasteiger partial charge in [0.1, 0.15) is 5.01 Å². The maximum absolute atomic E-state index is 12.3. The number of hydrogen-bond acceptors (Lipinski definition) is 5. The predicted molar refractivity (Wildman–Crippen MR) is 88.4 cm³/mol. The van der Waals surface area contributed by atoms with Crippen molar-refractivity contribution in [1.29, 1.82) is 0 Å². The zero-order chi connectivity index (χ0) is 15.1. The molecule has 0 aromatic carbocycles. The molecular formula is C14H12ClN3OS2. The smallest absolute Gasteiger partial charge is 0.267 e. The Morgan fingerprint density at radius 2 is 2.05 bits per heavy atom. The number of nitrogens with zero attached hydrogens (tertiary/aromatic N) is 3. The Bertz CT molecular complexity index is 879. The maximum atomic E-state index is 12.3. The minimum Gasteiger partial charge on any atom is -0.267 e. The lowest BCUT2D eigenvalue weighted by Gasteiger charge is -2.07. The Kier molecular flexibility index (Phi) is 3.69. The first-order valence-corrected chi connectivity index (χ1v) is 8.31. The van der Waals surface area contributed by atoms with Crippen LogP contribution in [0.4, 0.5) is 0 Å². The molecule has 0 saturated heterocycles. The SMILES string of the molecule is Cc1nn(C)c(=O)c(-c2nc(-c3ccc(Cl)s3)cs2)c1C. The van der Waals surface area contributed by atoms with Gasteiger partial charge in [0, 0.05) is 12.4 Å². The third-order valence-corrected chi connectivity index (χ3v) is 5.38. The molecule has 0 radical (unpaired) electrons. The standard InChI is InChI=1S/C14H12ClN3OS2/c1-7-8(2)17-18(3)14(19)12(7)13-16-9(6-20-13)10-4-5-11(15)21-10/h4-6H,1-3H3. The maximum Gasteiger partial charge on any atom is 0.277 e. The lowest BCUT2D eigenvalue weighted by atomic mass is 10.1. The first-order valence-electron chi connectivity index (χ1n) is 6.23. The van der Waals surface area contributed by atoms with Crippen LogP contribution in [0, 0.1) is 13.8 Å². The molecule has 0 aliphatic rings. The Labute approximate surface area is 134 Å². The van der Waals surface area contributed by atoms with Gasteiger partial charge in [-0.25, -0.2) is 9.67 Å². The Morgan fingerprint density at radius 3 is 2.71 bits per heavy atom. The third kappa shape index (κ3) is 2.54. The molecule has 0 fully saturated rings. The quantitative estimate of drug-likeness (QED) is 0.712. The van der Waals surface area contributed by atoms with Crippen molar-refractivity contribution >= 4 is 34.3 Å². The second-order valence-electron chi connectivity index (χ2n) is 4.66. The number of thiophene rings is 1. The molecule has 4 nitrogen and oxygen atoms in total. The molecule has 3 aromatic heterocycles. The second kappa shape index (κ2) is 5.36. The normalized spacial score (nSPS) is 11.0. The Morgan fingerprint density at radius 1 is 1.29 bits per heavy atom. The van der Waals surface area contributed by atoms with Gasteiger partial charge in [-0.05, 0) is 31.5 Å². The Hall–Kier alpha value is -1.50. The molecule has 3 aromatic rings. The van der Waals surface area contributed by atoms with Crippen LogP contribution in [0.5, 0.6) is 0 Å². The number of rotatable bonds is 2. The van der Waals surface area contributed by atoms with Crippen LogP contribution in [0.3, 0.4) is 0 Å². The average Bonchev–Trinajstić information content (AvgIpc) is 3.06. The van der Waals surface area contributed by atoms with E-state index in [1.54, 1.807) is 7.05 Å². The average molecular weight is 338 g/mol. The van der Waals surface area contributed by atoms with Crippen LogP contribution in [-0.4, -0.2) is 14.8 Å². The fourth-order valence-corrected chi connectivity index (χ4v) is 4.04. The van der Waals surface area contributed by atoms with Gasteiger partial charge in [0.25, 0.3) is 5.56 Å². The van der Waals surface area contributed by atoms with Crippen LogP contribution >= 0.6 is 34.3 Å². The topological polar surface area (TPSA) is 47.8 Å². The van der Waals surface area contributed by atoms with E-state index >= 15 is 0 Å². The number of halogens is 1. The molecule has 21 heavy (non-hydrogen) atoms. The van der Waals surface area contributed by atoms with E-state index in [-0.39, 0.29) is 5.56 Å². The predicted octanol–water partition coefficient (Wildman–Crippen LogP) is 3.90. The molecule has 0 amide bonds. The summed E-state index contributed by atoms with van der Waals surface area (Å²) < 4.78 is 2.09. The van der Waals surface area contributed by atoms with E-state index in [0.717, 1.165) is 31.2 Å². The summed E-state index contributed by atoms with van der Waals surface area (Å²) in [6.07, 6.45) is 0. The highest BCUT2D eigenvalue weighted by Crippen LogP contribution is 2.34. The van der Waals surface area contributed by atoms with Crippen LogP contribution < -0.4 is 5.56 Å². The number of aromatic nitrogens is 3. The van der Waals surface area contributed by atoms with Gasteiger partial charge in [-0.1, -0.05) is 11.6 Å². The van der Waals surface area contributed by atoms with E-state index in [0.29, 0.717) is 5.56 Å². The van der Waals surface area contributed by atoms with Gasteiger partial charge in [-0.3, -0.25) is 4.79 Å². The fourth-order valence-electron chi connectivity index (χ4n) is 2.05. The van der Waals surface area contributed by atoms with Gasteiger partial charge in [-0.2, -0.15) is 5.10 Å². The molecule has 3 rings (SSSR count). The van der Waals surface area contributed by atoms with Crippen molar-refractivity contribution < 1.29 is 0 Å². The van der Waals surface area contributed by atoms with Crippen LogP contribution in [-0.2, 0) is 7.05 Å². The van der Waals surface area contributed by atoms with Crippen molar-refractivity contribution in [3.63, 3.8) is 0 Å². The van der Waals surface area contributed by atoms with Gasteiger partial charge in [0.05, 0.1) is 26.2 Å². The Balaban J connectivity index is 2.15. The highest BCUT2D eigenvalue weighted by molar-refractivity contribution is 7.20. The van der Waals surface area contributed by atoms with E-state index in [1.807, 2.05) is 31.4 Å². The summed E-state index contributed by atoms with van der Waals surface area (Å²) in [5.74, 6) is 0. The molecule has 0 N–H and O–H groups in total. The third-order valence-electron chi connectivity index (χ3n) is 3.27. The molecule has 7 heteroatoms. The van der Waals surface area contributed by atoms with Crippen LogP contribution in [0.1, 0.15) is 11.3 Å². The summed E-state index contributed by atoms with van der Waals surface area (Å²) in [5, 5.41) is 6.86. The van der Waals surface area contributed by atoms with E-state index in [1.165, 1.54) is 27.4 Å². The van der Waals surface area contributed by atoms with Gasteiger partial charge in [0.2, 0.25) is 0 Å². The van der Waals surface area contributed by atoms with Crippen LogP contribution in [0.2, 0.25) is 4.34 Å². The molecule has 0 aliphatic heterocycles. The summed E-state index contributed by atoms with van der Waals surface area (Å²) in [4.78, 5) is 17.9. The van der Waals surface area contributed by atoms with E-state index in [9.17, 15) is 4.79 Å². The second-order valence-corrected chi connectivity index (χ2v) is 7.23. The fraction of sp³-hybridized carbons (Fsp3) is 0.214. The summed E-state index contributed by atoms with van der Waals surface area (Å²) in [5.41, 5.74) is 3.07. The zero-order valence-electron chi connectivity index (χ0n) is 11.7. The lowest BCUT2D eigenvalue weighted by Crippen LogP contribution is -2.23. The van der Waals surface area contributed by atoms with E-state index in [4.69, 9.17) is 11.6 Å². The molecule has 0 saturated carbocycles. The first-order chi connectivity index (χ1) is 9.97. The lowest BCUT2D eigenvalue weighted by molar-refractivity contribution is 0.690.